The molecule has 5 heterocycles. The minimum absolute atomic E-state index is 0.100. The topological polar surface area (TPSA) is 88.8 Å². The van der Waals surface area contributed by atoms with E-state index in [2.05, 4.69) is 10.3 Å². The molecule has 0 aliphatic carbocycles. The van der Waals surface area contributed by atoms with Gasteiger partial charge in [0.05, 0.1) is 16.3 Å². The summed E-state index contributed by atoms with van der Waals surface area (Å²) >= 11 is 1.29. The predicted octanol–water partition coefficient (Wildman–Crippen LogP) is 5.76. The Morgan fingerprint density at radius 3 is 2.78 bits per heavy atom. The zero-order chi connectivity index (χ0) is 25.6. The van der Waals surface area contributed by atoms with Gasteiger partial charge in [0, 0.05) is 48.5 Å². The number of rotatable bonds is 3. The molecule has 1 saturated heterocycles. The van der Waals surface area contributed by atoms with Gasteiger partial charge in [-0.2, -0.15) is 0 Å². The van der Waals surface area contributed by atoms with Crippen molar-refractivity contribution in [3.8, 4) is 0 Å². The van der Waals surface area contributed by atoms with Gasteiger partial charge in [0.2, 0.25) is 0 Å². The summed E-state index contributed by atoms with van der Waals surface area (Å²) in [5.74, 6) is -0.733. The van der Waals surface area contributed by atoms with Crippen LogP contribution in [0.5, 0.6) is 0 Å². The van der Waals surface area contributed by atoms with E-state index in [1.54, 1.807) is 34.7 Å². The van der Waals surface area contributed by atoms with Crippen molar-refractivity contribution in [1.82, 2.24) is 19.3 Å². The molecule has 0 aromatic carbocycles. The largest absolute Gasteiger partial charge is 0.444 e. The monoisotopic (exact) mass is 509 g/mol. The highest BCUT2D eigenvalue weighted by atomic mass is 32.1. The number of ether oxygens (including phenoxy) is 1. The standard InChI is InChI=1S/C26H28FN5O3S/c1-15-12-32-14-18(11-19(27)22(32)28-15)29-23(33)21-10-16-7-8-20(30-24(16)36-21)17-6-5-9-31(13-17)25(34)35-26(2,3)4/h7-8,10-12,14,17H,5-6,9,13H2,1-4H3,(H,29,33). The fourth-order valence-electron chi connectivity index (χ4n) is 4.42. The fourth-order valence-corrected chi connectivity index (χ4v) is 5.36. The minimum atomic E-state index is -0.537. The predicted molar refractivity (Wildman–Crippen MR) is 137 cm³/mol. The van der Waals surface area contributed by atoms with Crippen molar-refractivity contribution in [3.05, 3.63) is 58.7 Å². The molecule has 1 aliphatic heterocycles. The molecule has 1 unspecified atom stereocenters. The molecule has 4 aromatic rings. The smallest absolute Gasteiger partial charge is 0.410 e. The van der Waals surface area contributed by atoms with Crippen LogP contribution < -0.4 is 5.32 Å². The van der Waals surface area contributed by atoms with Crippen LogP contribution in [0.1, 0.15) is 60.6 Å². The number of pyridine rings is 2. The zero-order valence-corrected chi connectivity index (χ0v) is 21.5. The number of aromatic nitrogens is 3. The Labute approximate surface area is 212 Å². The Bertz CT molecular complexity index is 1470. The first-order chi connectivity index (χ1) is 17.1. The molecule has 36 heavy (non-hydrogen) atoms. The first-order valence-corrected chi connectivity index (χ1v) is 12.7. The molecule has 10 heteroatoms. The molecule has 2 amide bonds. The van der Waals surface area contributed by atoms with Crippen LogP contribution in [0.2, 0.25) is 0 Å². The first-order valence-electron chi connectivity index (χ1n) is 11.9. The van der Waals surface area contributed by atoms with Crippen LogP contribution in [0.4, 0.5) is 14.9 Å². The van der Waals surface area contributed by atoms with Crippen LogP contribution in [-0.4, -0.2) is 50.0 Å². The van der Waals surface area contributed by atoms with E-state index in [0.29, 0.717) is 29.3 Å². The summed E-state index contributed by atoms with van der Waals surface area (Å²) in [4.78, 5) is 37.4. The van der Waals surface area contributed by atoms with Crippen molar-refractivity contribution in [1.29, 1.82) is 0 Å². The number of hydrogen-bond acceptors (Lipinski definition) is 6. The van der Waals surface area contributed by atoms with Gasteiger partial charge in [-0.3, -0.25) is 4.79 Å². The quantitative estimate of drug-likeness (QED) is 0.379. The van der Waals surface area contributed by atoms with E-state index in [9.17, 15) is 14.0 Å². The van der Waals surface area contributed by atoms with Crippen LogP contribution in [0.3, 0.4) is 0 Å². The molecule has 8 nitrogen and oxygen atoms in total. The van der Waals surface area contributed by atoms with Gasteiger partial charge in [-0.15, -0.1) is 11.3 Å². The number of aryl methyl sites for hydroxylation is 1. The van der Waals surface area contributed by atoms with E-state index in [1.165, 1.54) is 17.4 Å². The number of anilines is 1. The molecule has 1 fully saturated rings. The third-order valence-corrected chi connectivity index (χ3v) is 7.05. The molecule has 1 aliphatic rings. The normalized spacial score (nSPS) is 16.5. The van der Waals surface area contributed by atoms with Crippen molar-refractivity contribution in [2.24, 2.45) is 0 Å². The molecular weight excluding hydrogens is 481 g/mol. The molecule has 188 valence electrons. The van der Waals surface area contributed by atoms with Gasteiger partial charge in [-0.1, -0.05) is 6.07 Å². The summed E-state index contributed by atoms with van der Waals surface area (Å²) in [6.45, 7) is 8.58. The number of hydrogen-bond donors (Lipinski definition) is 1. The summed E-state index contributed by atoms with van der Waals surface area (Å²) in [7, 11) is 0. The van der Waals surface area contributed by atoms with Gasteiger partial charge in [0.1, 0.15) is 10.4 Å². The maximum Gasteiger partial charge on any atom is 0.410 e. The highest BCUT2D eigenvalue weighted by Gasteiger charge is 2.29. The molecule has 0 spiro atoms. The number of carbonyl (C=O) groups is 2. The molecule has 4 aromatic heterocycles. The molecule has 0 bridgehead atoms. The van der Waals surface area contributed by atoms with E-state index in [1.807, 2.05) is 32.9 Å². The van der Waals surface area contributed by atoms with E-state index < -0.39 is 11.4 Å². The summed E-state index contributed by atoms with van der Waals surface area (Å²) in [6, 6.07) is 6.97. The van der Waals surface area contributed by atoms with Crippen molar-refractivity contribution < 1.29 is 18.7 Å². The van der Waals surface area contributed by atoms with Crippen molar-refractivity contribution >= 4 is 44.9 Å². The number of imidazole rings is 1. The second-order valence-electron chi connectivity index (χ2n) is 10.2. The van der Waals surface area contributed by atoms with E-state index in [4.69, 9.17) is 9.72 Å². The van der Waals surface area contributed by atoms with Crippen LogP contribution in [0.15, 0.2) is 36.7 Å². The second-order valence-corrected chi connectivity index (χ2v) is 11.2. The number of thiophene rings is 1. The number of likely N-dealkylation sites (tertiary alicyclic amines) is 1. The number of fused-ring (bicyclic) bond motifs is 2. The lowest BCUT2D eigenvalue weighted by Gasteiger charge is -2.33. The van der Waals surface area contributed by atoms with Gasteiger partial charge in [-0.05, 0) is 52.7 Å². The van der Waals surface area contributed by atoms with Crippen molar-refractivity contribution in [2.45, 2.75) is 52.1 Å². The van der Waals surface area contributed by atoms with E-state index in [-0.39, 0.29) is 23.6 Å². The zero-order valence-electron chi connectivity index (χ0n) is 20.7. The Morgan fingerprint density at radius 1 is 1.19 bits per heavy atom. The third kappa shape index (κ3) is 5.04. The Balaban J connectivity index is 1.32. The molecule has 1 N–H and O–H groups in total. The third-order valence-electron chi connectivity index (χ3n) is 6.00. The average Bonchev–Trinajstić information content (AvgIpc) is 3.41. The Hall–Kier alpha value is -3.53. The number of piperidine rings is 1. The van der Waals surface area contributed by atoms with Gasteiger partial charge >= 0.3 is 6.09 Å². The molecule has 0 radical (unpaired) electrons. The van der Waals surface area contributed by atoms with Crippen LogP contribution in [-0.2, 0) is 4.74 Å². The van der Waals surface area contributed by atoms with Gasteiger partial charge in [-0.25, -0.2) is 19.2 Å². The van der Waals surface area contributed by atoms with Gasteiger partial charge in [0.15, 0.2) is 11.5 Å². The maximum absolute atomic E-state index is 14.4. The van der Waals surface area contributed by atoms with Crippen LogP contribution in [0, 0.1) is 12.7 Å². The number of nitrogens with one attached hydrogen (secondary N) is 1. The number of carbonyl (C=O) groups excluding carboxylic acids is 2. The lowest BCUT2D eigenvalue weighted by Crippen LogP contribution is -2.42. The maximum atomic E-state index is 14.4. The number of halogens is 1. The summed E-state index contributed by atoms with van der Waals surface area (Å²) in [6.07, 6.45) is 4.84. The minimum Gasteiger partial charge on any atom is -0.444 e. The highest BCUT2D eigenvalue weighted by Crippen LogP contribution is 2.31. The average molecular weight is 510 g/mol. The van der Waals surface area contributed by atoms with Crippen LogP contribution >= 0.6 is 11.3 Å². The molecular formula is C26H28FN5O3S. The SMILES string of the molecule is Cc1cn2cc(NC(=O)c3cc4ccc(C5CCCN(C(=O)OC(C)(C)C)C5)nc4s3)cc(F)c2n1. The van der Waals surface area contributed by atoms with E-state index >= 15 is 0 Å². The molecule has 5 rings (SSSR count). The summed E-state index contributed by atoms with van der Waals surface area (Å²) in [5.41, 5.74) is 1.61. The fraction of sp³-hybridized carbons (Fsp3) is 0.385. The lowest BCUT2D eigenvalue weighted by atomic mass is 9.94. The van der Waals surface area contributed by atoms with Crippen molar-refractivity contribution in [3.63, 3.8) is 0 Å². The van der Waals surface area contributed by atoms with E-state index in [0.717, 1.165) is 28.8 Å². The second kappa shape index (κ2) is 9.16. The lowest BCUT2D eigenvalue weighted by molar-refractivity contribution is 0.0197. The number of amides is 2. The molecule has 0 saturated carbocycles. The summed E-state index contributed by atoms with van der Waals surface area (Å²) < 4.78 is 21.5. The molecule has 1 atom stereocenters. The highest BCUT2D eigenvalue weighted by molar-refractivity contribution is 7.20. The van der Waals surface area contributed by atoms with Crippen LogP contribution in [0.25, 0.3) is 15.9 Å². The Kier molecular flexibility index (Phi) is 6.15. The first kappa shape index (κ1) is 24.2. The van der Waals surface area contributed by atoms with Crippen molar-refractivity contribution in [2.75, 3.05) is 18.4 Å². The van der Waals surface area contributed by atoms with Gasteiger partial charge in [0.25, 0.3) is 5.91 Å². The number of nitrogens with zero attached hydrogens (tertiary/aromatic N) is 4. The Morgan fingerprint density at radius 2 is 2.00 bits per heavy atom. The van der Waals surface area contributed by atoms with Gasteiger partial charge < -0.3 is 19.4 Å². The summed E-state index contributed by atoms with van der Waals surface area (Å²) in [5, 5.41) is 3.63.